The van der Waals surface area contributed by atoms with Gasteiger partial charge in [0.2, 0.25) is 0 Å². The number of benzene rings is 1. The number of aliphatic hydroxyl groups is 1. The van der Waals surface area contributed by atoms with E-state index in [9.17, 15) is 23.8 Å². The zero-order valence-corrected chi connectivity index (χ0v) is 15.4. The molecule has 3 aromatic rings. The van der Waals surface area contributed by atoms with Gasteiger partial charge < -0.3 is 15.5 Å². The first-order chi connectivity index (χ1) is 13.1. The van der Waals surface area contributed by atoms with Gasteiger partial charge in [-0.3, -0.25) is 9.48 Å². The Bertz CT molecular complexity index is 1010. The summed E-state index contributed by atoms with van der Waals surface area (Å²) < 4.78 is 27.1. The number of phenolic OH excluding ortho intramolecular Hbond substituents is 1. The highest BCUT2D eigenvalue weighted by Crippen LogP contribution is 2.26. The second-order valence-corrected chi connectivity index (χ2v) is 7.09. The van der Waals surface area contributed by atoms with Crippen LogP contribution in [0.25, 0.3) is 10.9 Å². The number of alkyl halides is 2. The summed E-state index contributed by atoms with van der Waals surface area (Å²) in [6.07, 6.45) is -0.573. The number of hydrogen-bond donors (Lipinski definition) is 3. The average molecular weight is 390 g/mol. The molecule has 1 aromatic carbocycles. The Morgan fingerprint density at radius 1 is 1.32 bits per heavy atom. The Balaban J connectivity index is 1.83. The number of aromatic hydroxyl groups is 1. The number of pyridine rings is 1. The van der Waals surface area contributed by atoms with Crippen LogP contribution < -0.4 is 5.32 Å². The van der Waals surface area contributed by atoms with E-state index in [1.165, 1.54) is 24.3 Å². The summed E-state index contributed by atoms with van der Waals surface area (Å²) in [6, 6.07) is 6.72. The van der Waals surface area contributed by atoms with Gasteiger partial charge in [-0.1, -0.05) is 6.07 Å². The lowest BCUT2D eigenvalue weighted by Gasteiger charge is -2.16. The van der Waals surface area contributed by atoms with Crippen LogP contribution in [-0.2, 0) is 6.54 Å². The van der Waals surface area contributed by atoms with Crippen LogP contribution in [0.15, 0.2) is 36.5 Å². The highest BCUT2D eigenvalue weighted by atomic mass is 19.3. The third kappa shape index (κ3) is 4.61. The molecule has 28 heavy (non-hydrogen) atoms. The summed E-state index contributed by atoms with van der Waals surface area (Å²) in [6.45, 7) is 3.86. The predicted molar refractivity (Wildman–Crippen MR) is 99.5 cm³/mol. The standard InChI is InChI=1S/C19H20F2N4O3/c1-19(2,28)6-7-25-10-11-8-12(15(26)9-14(11)24-25)18(27)23-16-5-3-4-13(22-16)17(20)21/h3-5,8-10,17,26,28H,6-7H2,1-2H3,(H,22,23,27). The van der Waals surface area contributed by atoms with Gasteiger partial charge in [0.05, 0.1) is 16.7 Å². The van der Waals surface area contributed by atoms with Crippen LogP contribution in [0.2, 0.25) is 0 Å². The van der Waals surface area contributed by atoms with Gasteiger partial charge in [-0.05, 0) is 38.5 Å². The van der Waals surface area contributed by atoms with Crippen molar-refractivity contribution in [1.29, 1.82) is 0 Å². The third-order valence-corrected chi connectivity index (χ3v) is 4.10. The molecule has 0 radical (unpaired) electrons. The van der Waals surface area contributed by atoms with Crippen molar-refractivity contribution in [2.75, 3.05) is 5.32 Å². The Labute approximate surface area is 159 Å². The van der Waals surface area contributed by atoms with Gasteiger partial charge in [0, 0.05) is 24.2 Å². The Morgan fingerprint density at radius 2 is 2.07 bits per heavy atom. The molecule has 0 spiro atoms. The van der Waals surface area contributed by atoms with Crippen molar-refractivity contribution >= 4 is 22.6 Å². The van der Waals surface area contributed by atoms with E-state index in [4.69, 9.17) is 0 Å². The third-order valence-electron chi connectivity index (χ3n) is 4.10. The first-order valence-electron chi connectivity index (χ1n) is 8.61. The molecule has 9 heteroatoms. The molecule has 3 rings (SSSR count). The number of carbonyl (C=O) groups excluding carboxylic acids is 1. The lowest BCUT2D eigenvalue weighted by atomic mass is 10.1. The summed E-state index contributed by atoms with van der Waals surface area (Å²) in [5.74, 6) is -1.01. The van der Waals surface area contributed by atoms with Crippen LogP contribution in [0.5, 0.6) is 5.75 Å². The van der Waals surface area contributed by atoms with Crippen LogP contribution in [0.4, 0.5) is 14.6 Å². The Kier molecular flexibility index (Phi) is 5.28. The van der Waals surface area contributed by atoms with Gasteiger partial charge in [0.15, 0.2) is 0 Å². The summed E-state index contributed by atoms with van der Waals surface area (Å²) in [4.78, 5) is 16.1. The molecular weight excluding hydrogens is 370 g/mol. The second-order valence-electron chi connectivity index (χ2n) is 7.09. The zero-order chi connectivity index (χ0) is 20.5. The minimum atomic E-state index is -2.75. The smallest absolute Gasteiger partial charge is 0.280 e. The fourth-order valence-corrected chi connectivity index (χ4v) is 2.62. The van der Waals surface area contributed by atoms with Gasteiger partial charge in [-0.15, -0.1) is 0 Å². The van der Waals surface area contributed by atoms with Gasteiger partial charge >= 0.3 is 0 Å². The van der Waals surface area contributed by atoms with Crippen LogP contribution in [0.1, 0.15) is 42.7 Å². The number of amides is 1. The van der Waals surface area contributed by atoms with Crippen molar-refractivity contribution in [3.05, 3.63) is 47.8 Å². The summed E-state index contributed by atoms with van der Waals surface area (Å²) in [5, 5.41) is 27.3. The molecule has 148 valence electrons. The fraction of sp³-hybridized carbons (Fsp3) is 0.316. The van der Waals surface area contributed by atoms with Gasteiger partial charge in [0.1, 0.15) is 17.3 Å². The minimum Gasteiger partial charge on any atom is -0.507 e. The van der Waals surface area contributed by atoms with E-state index in [0.717, 1.165) is 6.07 Å². The molecule has 1 amide bonds. The zero-order valence-electron chi connectivity index (χ0n) is 15.4. The fourth-order valence-electron chi connectivity index (χ4n) is 2.62. The topological polar surface area (TPSA) is 100 Å². The molecule has 3 N–H and O–H groups in total. The van der Waals surface area contributed by atoms with Crippen molar-refractivity contribution in [3.8, 4) is 5.75 Å². The number of carbonyl (C=O) groups is 1. The van der Waals surface area contributed by atoms with E-state index >= 15 is 0 Å². The van der Waals surface area contributed by atoms with E-state index in [1.54, 1.807) is 24.7 Å². The maximum absolute atomic E-state index is 12.7. The van der Waals surface area contributed by atoms with E-state index in [0.29, 0.717) is 23.9 Å². The lowest BCUT2D eigenvalue weighted by Crippen LogP contribution is -2.21. The Hall–Kier alpha value is -3.07. The maximum Gasteiger partial charge on any atom is 0.280 e. The molecule has 2 aromatic heterocycles. The monoisotopic (exact) mass is 390 g/mol. The number of nitrogens with zero attached hydrogens (tertiary/aromatic N) is 3. The van der Waals surface area contributed by atoms with E-state index in [-0.39, 0.29) is 17.1 Å². The van der Waals surface area contributed by atoms with Crippen molar-refractivity contribution in [2.45, 2.75) is 38.8 Å². The van der Waals surface area contributed by atoms with Gasteiger partial charge in [0.25, 0.3) is 12.3 Å². The minimum absolute atomic E-state index is 0.0289. The number of anilines is 1. The number of halogens is 2. The van der Waals surface area contributed by atoms with Crippen molar-refractivity contribution in [3.63, 3.8) is 0 Å². The summed E-state index contributed by atoms with van der Waals surface area (Å²) >= 11 is 0. The highest BCUT2D eigenvalue weighted by Gasteiger charge is 2.17. The van der Waals surface area contributed by atoms with Crippen LogP contribution in [0.3, 0.4) is 0 Å². The van der Waals surface area contributed by atoms with Crippen LogP contribution in [0, 0.1) is 0 Å². The highest BCUT2D eigenvalue weighted by molar-refractivity contribution is 6.07. The molecule has 0 unspecified atom stereocenters. The molecule has 0 aliphatic rings. The van der Waals surface area contributed by atoms with Crippen molar-refractivity contribution in [1.82, 2.24) is 14.8 Å². The Morgan fingerprint density at radius 3 is 2.75 bits per heavy atom. The van der Waals surface area contributed by atoms with E-state index < -0.39 is 23.6 Å². The quantitative estimate of drug-likeness (QED) is 0.598. The molecule has 0 bridgehead atoms. The number of aryl methyl sites for hydroxylation is 1. The first kappa shape index (κ1) is 19.7. The molecule has 0 saturated heterocycles. The number of rotatable bonds is 6. The van der Waals surface area contributed by atoms with Crippen LogP contribution in [-0.4, -0.2) is 36.5 Å². The molecule has 0 saturated carbocycles. The normalized spacial score (nSPS) is 11.9. The van der Waals surface area contributed by atoms with Gasteiger partial charge in [-0.2, -0.15) is 5.10 Å². The van der Waals surface area contributed by atoms with Crippen molar-refractivity contribution < 1.29 is 23.8 Å². The van der Waals surface area contributed by atoms with Crippen molar-refractivity contribution in [2.24, 2.45) is 0 Å². The molecule has 0 fully saturated rings. The number of fused-ring (bicyclic) bond motifs is 1. The predicted octanol–water partition coefficient (Wildman–Crippen LogP) is 3.49. The van der Waals surface area contributed by atoms with Gasteiger partial charge in [-0.25, -0.2) is 13.8 Å². The molecule has 0 atom stereocenters. The number of aromatic nitrogens is 3. The first-order valence-corrected chi connectivity index (χ1v) is 8.61. The molecule has 0 aliphatic carbocycles. The molecule has 7 nitrogen and oxygen atoms in total. The molecular formula is C19H20F2N4O3. The maximum atomic E-state index is 12.7. The summed E-state index contributed by atoms with van der Waals surface area (Å²) in [7, 11) is 0. The van der Waals surface area contributed by atoms with E-state index in [2.05, 4.69) is 15.4 Å². The molecule has 0 aliphatic heterocycles. The number of phenols is 1. The summed E-state index contributed by atoms with van der Waals surface area (Å²) in [5.41, 5.74) is -0.836. The second kappa shape index (κ2) is 7.51. The largest absolute Gasteiger partial charge is 0.507 e. The molecule has 2 heterocycles. The van der Waals surface area contributed by atoms with E-state index in [1.807, 2.05) is 0 Å². The number of nitrogens with one attached hydrogen (secondary N) is 1. The SMILES string of the molecule is CC(C)(O)CCn1cc2cc(C(=O)Nc3cccc(C(F)F)n3)c(O)cc2n1. The average Bonchev–Trinajstić information content (AvgIpc) is 3.00. The number of hydrogen-bond acceptors (Lipinski definition) is 5. The van der Waals surface area contributed by atoms with Crippen LogP contribution >= 0.6 is 0 Å². The lowest BCUT2D eigenvalue weighted by molar-refractivity contribution is 0.0651.